The van der Waals surface area contributed by atoms with Gasteiger partial charge in [-0.2, -0.15) is 0 Å². The van der Waals surface area contributed by atoms with Crippen LogP contribution < -0.4 is 9.62 Å². The number of hydrogen-bond acceptors (Lipinski definition) is 4. The van der Waals surface area contributed by atoms with Gasteiger partial charge < -0.3 is 10.2 Å². The molecule has 0 radical (unpaired) electrons. The number of anilines is 1. The van der Waals surface area contributed by atoms with Gasteiger partial charge >= 0.3 is 0 Å². The summed E-state index contributed by atoms with van der Waals surface area (Å²) in [5.41, 5.74) is 3.72. The molecule has 7 nitrogen and oxygen atoms in total. The van der Waals surface area contributed by atoms with E-state index in [1.807, 2.05) is 77.9 Å². The molecule has 1 unspecified atom stereocenters. The zero-order valence-corrected chi connectivity index (χ0v) is 28.1. The number of rotatable bonds is 11. The summed E-state index contributed by atoms with van der Waals surface area (Å²) in [4.78, 5) is 30.0. The maximum atomic E-state index is 14.6. The number of halogens is 1. The molecule has 1 N–H and O–H groups in total. The molecular formula is C37H42FN3O4S. The Labute approximate surface area is 272 Å². The highest BCUT2D eigenvalue weighted by Crippen LogP contribution is 2.27. The zero-order valence-electron chi connectivity index (χ0n) is 27.2. The smallest absolute Gasteiger partial charge is 0.264 e. The molecule has 0 spiro atoms. The van der Waals surface area contributed by atoms with Crippen LogP contribution in [0, 0.1) is 26.6 Å². The number of sulfonamides is 1. The largest absolute Gasteiger partial charge is 0.350 e. The van der Waals surface area contributed by atoms with Gasteiger partial charge in [0.25, 0.3) is 10.0 Å². The van der Waals surface area contributed by atoms with Gasteiger partial charge in [-0.3, -0.25) is 13.9 Å². The van der Waals surface area contributed by atoms with Crippen molar-refractivity contribution in [2.75, 3.05) is 10.8 Å². The normalized spacial score (nSPS) is 12.3. The minimum atomic E-state index is -4.21. The fourth-order valence-corrected chi connectivity index (χ4v) is 6.65. The van der Waals surface area contributed by atoms with Crippen molar-refractivity contribution in [3.05, 3.63) is 131 Å². The maximum absolute atomic E-state index is 14.6. The Kier molecular flexibility index (Phi) is 10.7. The summed E-state index contributed by atoms with van der Waals surface area (Å²) in [6, 6.07) is 25.9. The van der Waals surface area contributed by atoms with Gasteiger partial charge in [-0.05, 0) is 100 Å². The van der Waals surface area contributed by atoms with Crippen molar-refractivity contribution in [3.63, 3.8) is 0 Å². The molecule has 9 heteroatoms. The molecule has 4 aromatic rings. The second-order valence-corrected chi connectivity index (χ2v) is 14.6. The third kappa shape index (κ3) is 9.03. The van der Waals surface area contributed by atoms with Gasteiger partial charge in [-0.15, -0.1) is 0 Å². The molecule has 0 saturated heterocycles. The molecule has 2 amide bonds. The lowest BCUT2D eigenvalue weighted by atomic mass is 10.0. The summed E-state index contributed by atoms with van der Waals surface area (Å²) in [7, 11) is -4.21. The molecule has 242 valence electrons. The first-order chi connectivity index (χ1) is 21.6. The van der Waals surface area contributed by atoms with E-state index in [1.54, 1.807) is 36.4 Å². The van der Waals surface area contributed by atoms with E-state index in [4.69, 9.17) is 0 Å². The third-order valence-electron chi connectivity index (χ3n) is 7.42. The fraction of sp³-hybridized carbons (Fsp3) is 0.297. The summed E-state index contributed by atoms with van der Waals surface area (Å²) in [6.07, 6.45) is 0.184. The van der Waals surface area contributed by atoms with Crippen LogP contribution in [-0.2, 0) is 32.6 Å². The topological polar surface area (TPSA) is 86.8 Å². The summed E-state index contributed by atoms with van der Waals surface area (Å²) in [5, 5.41) is 3.01. The average Bonchev–Trinajstić information content (AvgIpc) is 2.97. The lowest BCUT2D eigenvalue weighted by Gasteiger charge is -2.35. The number of nitrogens with zero attached hydrogens (tertiary/aromatic N) is 2. The first-order valence-electron chi connectivity index (χ1n) is 15.2. The number of carbonyl (C=O) groups excluding carboxylic acids is 2. The molecule has 4 rings (SSSR count). The summed E-state index contributed by atoms with van der Waals surface area (Å²) < 4.78 is 43.5. The standard InChI is InChI=1S/C37H42FN3O4S/c1-26-12-18-33(19-13-26)46(44,45)41(32-21-27(2)20-28(3)22-32)25-35(42)40(24-30-14-16-31(38)17-15-30)34(36(43)39-37(4,5)6)23-29-10-8-7-9-11-29/h7-22,34H,23-25H2,1-6H3,(H,39,43). The van der Waals surface area contributed by atoms with E-state index in [2.05, 4.69) is 5.32 Å². The molecule has 0 bridgehead atoms. The Hall–Kier alpha value is -4.50. The van der Waals surface area contributed by atoms with Crippen LogP contribution in [0.25, 0.3) is 0 Å². The van der Waals surface area contributed by atoms with Crippen molar-refractivity contribution in [2.24, 2.45) is 0 Å². The summed E-state index contributed by atoms with van der Waals surface area (Å²) in [5.74, 6) is -1.39. The van der Waals surface area contributed by atoms with E-state index >= 15 is 0 Å². The maximum Gasteiger partial charge on any atom is 0.264 e. The number of nitrogens with one attached hydrogen (secondary N) is 1. The van der Waals surface area contributed by atoms with Crippen LogP contribution in [0.3, 0.4) is 0 Å². The monoisotopic (exact) mass is 643 g/mol. The Morgan fingerprint density at radius 3 is 1.93 bits per heavy atom. The number of amides is 2. The SMILES string of the molecule is Cc1ccc(S(=O)(=O)N(CC(=O)N(Cc2ccc(F)cc2)C(Cc2ccccc2)C(=O)NC(C)(C)C)c2cc(C)cc(C)c2)cc1. The molecule has 1 atom stereocenters. The molecule has 0 aliphatic rings. The Bertz CT molecular complexity index is 1750. The zero-order chi connectivity index (χ0) is 33.6. The van der Waals surface area contributed by atoms with Crippen molar-refractivity contribution in [2.45, 2.75) is 71.0 Å². The second-order valence-electron chi connectivity index (χ2n) is 12.8. The van der Waals surface area contributed by atoms with Crippen LogP contribution in [0.5, 0.6) is 0 Å². The molecule has 46 heavy (non-hydrogen) atoms. The molecular weight excluding hydrogens is 601 g/mol. The Morgan fingerprint density at radius 1 is 0.783 bits per heavy atom. The van der Waals surface area contributed by atoms with Crippen LogP contribution in [0.4, 0.5) is 10.1 Å². The molecule has 4 aromatic carbocycles. The van der Waals surface area contributed by atoms with Crippen LogP contribution >= 0.6 is 0 Å². The van der Waals surface area contributed by atoms with Crippen LogP contribution in [-0.4, -0.2) is 43.3 Å². The summed E-state index contributed by atoms with van der Waals surface area (Å²) in [6.45, 7) is 10.6. The molecule has 0 fully saturated rings. The van der Waals surface area contributed by atoms with Crippen molar-refractivity contribution >= 4 is 27.5 Å². The lowest BCUT2D eigenvalue weighted by Crippen LogP contribution is -2.56. The third-order valence-corrected chi connectivity index (χ3v) is 9.21. The van der Waals surface area contributed by atoms with Crippen molar-refractivity contribution in [1.29, 1.82) is 0 Å². The number of aryl methyl sites for hydroxylation is 3. The first-order valence-corrected chi connectivity index (χ1v) is 16.6. The number of carbonyl (C=O) groups is 2. The fourth-order valence-electron chi connectivity index (χ4n) is 5.25. The van der Waals surface area contributed by atoms with Gasteiger partial charge in [0.2, 0.25) is 11.8 Å². The molecule has 0 aliphatic heterocycles. The van der Waals surface area contributed by atoms with E-state index in [0.717, 1.165) is 26.6 Å². The number of benzene rings is 4. The van der Waals surface area contributed by atoms with Crippen LogP contribution in [0.15, 0.2) is 102 Å². The highest BCUT2D eigenvalue weighted by Gasteiger charge is 2.35. The van der Waals surface area contributed by atoms with Crippen LogP contribution in [0.1, 0.15) is 48.6 Å². The molecule has 0 saturated carbocycles. The highest BCUT2D eigenvalue weighted by molar-refractivity contribution is 7.92. The predicted octanol–water partition coefficient (Wildman–Crippen LogP) is 6.50. The quantitative estimate of drug-likeness (QED) is 0.202. The van der Waals surface area contributed by atoms with Gasteiger partial charge in [-0.1, -0.05) is 66.2 Å². The van der Waals surface area contributed by atoms with Gasteiger partial charge in [0.05, 0.1) is 10.6 Å². The predicted molar refractivity (Wildman–Crippen MR) is 180 cm³/mol. The minimum Gasteiger partial charge on any atom is -0.350 e. The van der Waals surface area contributed by atoms with Gasteiger partial charge in [0.15, 0.2) is 0 Å². The molecule has 0 aliphatic carbocycles. The minimum absolute atomic E-state index is 0.0422. The Balaban J connectivity index is 1.84. The van der Waals surface area contributed by atoms with Gasteiger partial charge in [0.1, 0.15) is 18.4 Å². The Morgan fingerprint density at radius 2 is 1.37 bits per heavy atom. The second kappa shape index (κ2) is 14.3. The van der Waals surface area contributed by atoms with E-state index in [9.17, 15) is 22.4 Å². The van der Waals surface area contributed by atoms with E-state index in [0.29, 0.717) is 11.3 Å². The van der Waals surface area contributed by atoms with E-state index < -0.39 is 39.9 Å². The van der Waals surface area contributed by atoms with Crippen LogP contribution in [0.2, 0.25) is 0 Å². The van der Waals surface area contributed by atoms with Crippen molar-refractivity contribution < 1.29 is 22.4 Å². The lowest BCUT2D eigenvalue weighted by molar-refractivity contribution is -0.140. The molecule has 0 aromatic heterocycles. The molecule has 0 heterocycles. The summed E-state index contributed by atoms with van der Waals surface area (Å²) >= 11 is 0. The van der Waals surface area contributed by atoms with E-state index in [-0.39, 0.29) is 23.8 Å². The van der Waals surface area contributed by atoms with E-state index in [1.165, 1.54) is 29.2 Å². The van der Waals surface area contributed by atoms with Crippen molar-refractivity contribution in [3.8, 4) is 0 Å². The average molecular weight is 644 g/mol. The van der Waals surface area contributed by atoms with Crippen molar-refractivity contribution in [1.82, 2.24) is 10.2 Å². The first kappa shape index (κ1) is 34.4. The van der Waals surface area contributed by atoms with Gasteiger partial charge in [0, 0.05) is 18.5 Å². The van der Waals surface area contributed by atoms with Gasteiger partial charge in [-0.25, -0.2) is 12.8 Å². The number of hydrogen-bond donors (Lipinski definition) is 1. The highest BCUT2D eigenvalue weighted by atomic mass is 32.2.